The largest absolute Gasteiger partial charge is 0.467 e. The summed E-state index contributed by atoms with van der Waals surface area (Å²) in [7, 11) is 1.36. The average molecular weight is 241 g/mol. The number of esters is 1. The van der Waals surface area contributed by atoms with Crippen molar-refractivity contribution in [2.24, 2.45) is 11.8 Å². The molecule has 98 valence electrons. The first kappa shape index (κ1) is 14.0. The molecular weight excluding hydrogens is 218 g/mol. The first-order valence-electron chi connectivity index (χ1n) is 6.42. The van der Waals surface area contributed by atoms with Gasteiger partial charge in [-0.05, 0) is 25.2 Å². The van der Waals surface area contributed by atoms with Crippen molar-refractivity contribution < 1.29 is 14.3 Å². The molecule has 1 aliphatic rings. The van der Waals surface area contributed by atoms with E-state index in [1.165, 1.54) is 7.11 Å². The Bertz CT molecular complexity index is 270. The molecule has 0 heterocycles. The fourth-order valence-electron chi connectivity index (χ4n) is 2.31. The molecule has 0 bridgehead atoms. The maximum absolute atomic E-state index is 11.9. The van der Waals surface area contributed by atoms with Crippen LogP contribution in [0.5, 0.6) is 0 Å². The molecule has 1 aliphatic carbocycles. The number of carbonyl (C=O) groups excluding carboxylic acids is 2. The molecule has 1 fully saturated rings. The Labute approximate surface area is 103 Å². The van der Waals surface area contributed by atoms with Crippen LogP contribution in [0.3, 0.4) is 0 Å². The number of carbonyl (C=O) groups is 2. The van der Waals surface area contributed by atoms with Crippen molar-refractivity contribution in [3.63, 3.8) is 0 Å². The predicted molar refractivity (Wildman–Crippen MR) is 65.4 cm³/mol. The normalized spacial score (nSPS) is 18.1. The topological polar surface area (TPSA) is 55.4 Å². The van der Waals surface area contributed by atoms with Gasteiger partial charge in [-0.2, -0.15) is 0 Å². The van der Waals surface area contributed by atoms with Gasteiger partial charge in [0.1, 0.15) is 6.04 Å². The third kappa shape index (κ3) is 4.36. The van der Waals surface area contributed by atoms with Crippen LogP contribution in [0.1, 0.15) is 46.0 Å². The molecule has 17 heavy (non-hydrogen) atoms. The lowest BCUT2D eigenvalue weighted by atomic mass is 10.0. The third-order valence-electron chi connectivity index (χ3n) is 3.24. The summed E-state index contributed by atoms with van der Waals surface area (Å²) in [5.74, 6) is 0.112. The van der Waals surface area contributed by atoms with E-state index in [0.717, 1.165) is 25.7 Å². The van der Waals surface area contributed by atoms with Gasteiger partial charge in [0.15, 0.2) is 0 Å². The smallest absolute Gasteiger partial charge is 0.328 e. The zero-order valence-corrected chi connectivity index (χ0v) is 11.0. The zero-order chi connectivity index (χ0) is 12.8. The van der Waals surface area contributed by atoms with Crippen LogP contribution in [0.25, 0.3) is 0 Å². The fourth-order valence-corrected chi connectivity index (χ4v) is 2.31. The molecule has 1 rings (SSSR count). The molecular formula is C13H23NO3. The minimum Gasteiger partial charge on any atom is -0.467 e. The van der Waals surface area contributed by atoms with Crippen LogP contribution in [0.15, 0.2) is 0 Å². The summed E-state index contributed by atoms with van der Waals surface area (Å²) >= 11 is 0. The van der Waals surface area contributed by atoms with Gasteiger partial charge in [-0.1, -0.05) is 26.7 Å². The standard InChI is InChI=1S/C13H23NO3/c1-9(2)8-11(13(16)17-3)14-12(15)10-6-4-5-7-10/h9-11H,4-8H2,1-3H3,(H,14,15)/t11-/m0/s1. The van der Waals surface area contributed by atoms with Crippen molar-refractivity contribution in [1.29, 1.82) is 0 Å². The molecule has 4 heteroatoms. The van der Waals surface area contributed by atoms with Crippen molar-refractivity contribution in [2.75, 3.05) is 7.11 Å². The molecule has 0 saturated heterocycles. The zero-order valence-electron chi connectivity index (χ0n) is 11.0. The Hall–Kier alpha value is -1.06. The van der Waals surface area contributed by atoms with Gasteiger partial charge in [0.05, 0.1) is 7.11 Å². The lowest BCUT2D eigenvalue weighted by molar-refractivity contribution is -0.146. The van der Waals surface area contributed by atoms with E-state index in [1.807, 2.05) is 13.8 Å². The quantitative estimate of drug-likeness (QED) is 0.748. The molecule has 0 aromatic heterocycles. The molecule has 0 aromatic rings. The van der Waals surface area contributed by atoms with E-state index in [2.05, 4.69) is 5.32 Å². The molecule has 1 N–H and O–H groups in total. The molecule has 4 nitrogen and oxygen atoms in total. The molecule has 1 saturated carbocycles. The number of hydrogen-bond acceptors (Lipinski definition) is 3. The van der Waals surface area contributed by atoms with Gasteiger partial charge in [-0.25, -0.2) is 4.79 Å². The van der Waals surface area contributed by atoms with Gasteiger partial charge in [0.25, 0.3) is 0 Å². The summed E-state index contributed by atoms with van der Waals surface area (Å²) in [6.07, 6.45) is 4.75. The van der Waals surface area contributed by atoms with E-state index < -0.39 is 6.04 Å². The lowest BCUT2D eigenvalue weighted by Crippen LogP contribution is -2.44. The van der Waals surface area contributed by atoms with Gasteiger partial charge < -0.3 is 10.1 Å². The molecule has 0 aliphatic heterocycles. The van der Waals surface area contributed by atoms with Crippen LogP contribution in [0.2, 0.25) is 0 Å². The molecule has 0 aromatic carbocycles. The van der Waals surface area contributed by atoms with Gasteiger partial charge in [-0.3, -0.25) is 4.79 Å². The van der Waals surface area contributed by atoms with Crippen LogP contribution < -0.4 is 5.32 Å². The second kappa shape index (κ2) is 6.62. The third-order valence-corrected chi connectivity index (χ3v) is 3.24. The van der Waals surface area contributed by atoms with Crippen molar-refractivity contribution >= 4 is 11.9 Å². The van der Waals surface area contributed by atoms with Crippen molar-refractivity contribution in [3.8, 4) is 0 Å². The van der Waals surface area contributed by atoms with Crippen LogP contribution in [-0.4, -0.2) is 25.0 Å². The highest BCUT2D eigenvalue weighted by atomic mass is 16.5. The minimum absolute atomic E-state index is 0.0125. The van der Waals surface area contributed by atoms with E-state index in [4.69, 9.17) is 4.74 Å². The lowest BCUT2D eigenvalue weighted by Gasteiger charge is -2.20. The first-order valence-corrected chi connectivity index (χ1v) is 6.42. The Morgan fingerprint density at radius 2 is 1.88 bits per heavy atom. The highest BCUT2D eigenvalue weighted by Gasteiger charge is 2.28. The molecule has 0 spiro atoms. The fraction of sp³-hybridized carbons (Fsp3) is 0.846. The van der Waals surface area contributed by atoms with Crippen LogP contribution in [0, 0.1) is 11.8 Å². The van der Waals surface area contributed by atoms with Crippen LogP contribution in [0.4, 0.5) is 0 Å². The first-order chi connectivity index (χ1) is 8.04. The Kier molecular flexibility index (Phi) is 5.45. The summed E-state index contributed by atoms with van der Waals surface area (Å²) in [4.78, 5) is 23.5. The highest BCUT2D eigenvalue weighted by molar-refractivity contribution is 5.85. The minimum atomic E-state index is -0.493. The number of nitrogens with one attached hydrogen (secondary N) is 1. The Morgan fingerprint density at radius 3 is 2.35 bits per heavy atom. The van der Waals surface area contributed by atoms with Gasteiger partial charge in [0, 0.05) is 5.92 Å². The van der Waals surface area contributed by atoms with E-state index in [1.54, 1.807) is 0 Å². The monoisotopic (exact) mass is 241 g/mol. The maximum atomic E-state index is 11.9. The molecule has 1 amide bonds. The number of methoxy groups -OCH3 is 1. The van der Waals surface area contributed by atoms with E-state index in [-0.39, 0.29) is 17.8 Å². The molecule has 1 atom stereocenters. The van der Waals surface area contributed by atoms with Gasteiger partial charge in [0.2, 0.25) is 5.91 Å². The van der Waals surface area contributed by atoms with Crippen molar-refractivity contribution in [2.45, 2.75) is 52.0 Å². The van der Waals surface area contributed by atoms with Gasteiger partial charge >= 0.3 is 5.97 Å². The number of amides is 1. The number of hydrogen-bond donors (Lipinski definition) is 1. The summed E-state index contributed by atoms with van der Waals surface area (Å²) in [6.45, 7) is 4.05. The van der Waals surface area contributed by atoms with Crippen LogP contribution in [-0.2, 0) is 14.3 Å². The molecule has 0 radical (unpaired) electrons. The van der Waals surface area contributed by atoms with E-state index in [9.17, 15) is 9.59 Å². The average Bonchev–Trinajstić information content (AvgIpc) is 2.79. The van der Waals surface area contributed by atoms with Crippen molar-refractivity contribution in [1.82, 2.24) is 5.32 Å². The predicted octanol–water partition coefficient (Wildman–Crippen LogP) is 1.88. The summed E-state index contributed by atoms with van der Waals surface area (Å²) in [5.41, 5.74) is 0. The van der Waals surface area contributed by atoms with E-state index >= 15 is 0 Å². The van der Waals surface area contributed by atoms with E-state index in [0.29, 0.717) is 12.3 Å². The SMILES string of the molecule is COC(=O)[C@H](CC(C)C)NC(=O)C1CCCC1. The van der Waals surface area contributed by atoms with Crippen LogP contribution >= 0.6 is 0 Å². The highest BCUT2D eigenvalue weighted by Crippen LogP contribution is 2.25. The molecule has 0 unspecified atom stereocenters. The van der Waals surface area contributed by atoms with Gasteiger partial charge in [-0.15, -0.1) is 0 Å². The second-order valence-electron chi connectivity index (χ2n) is 5.20. The summed E-state index contributed by atoms with van der Waals surface area (Å²) in [6, 6.07) is -0.493. The second-order valence-corrected chi connectivity index (χ2v) is 5.20. The maximum Gasteiger partial charge on any atom is 0.328 e. The number of rotatable bonds is 5. The Balaban J connectivity index is 2.52. The number of ether oxygens (including phenoxy) is 1. The van der Waals surface area contributed by atoms with Crippen molar-refractivity contribution in [3.05, 3.63) is 0 Å². The summed E-state index contributed by atoms with van der Waals surface area (Å²) in [5, 5.41) is 2.83. The summed E-state index contributed by atoms with van der Waals surface area (Å²) < 4.78 is 4.72. The Morgan fingerprint density at radius 1 is 1.29 bits per heavy atom.